The lowest BCUT2D eigenvalue weighted by Gasteiger charge is -2.35. The van der Waals surface area contributed by atoms with Gasteiger partial charge in [-0.15, -0.1) is 0 Å². The van der Waals surface area contributed by atoms with Crippen molar-refractivity contribution >= 4 is 12.0 Å². The fraction of sp³-hybridized carbons (Fsp3) is 0.400. The molecule has 1 unspecified atom stereocenters. The van der Waals surface area contributed by atoms with Crippen LogP contribution in [0, 0.1) is 0 Å². The van der Waals surface area contributed by atoms with Gasteiger partial charge in [-0.3, -0.25) is 9.69 Å². The third-order valence-electron chi connectivity index (χ3n) is 5.51. The average molecular weight is 479 g/mol. The van der Waals surface area contributed by atoms with Crippen LogP contribution in [0.25, 0.3) is 6.08 Å². The lowest BCUT2D eigenvalue weighted by molar-refractivity contribution is -0.137. The molecule has 184 valence electrons. The highest BCUT2D eigenvalue weighted by Crippen LogP contribution is 2.31. The molecule has 0 bridgehead atoms. The smallest absolute Gasteiger partial charge is 0.416 e. The van der Waals surface area contributed by atoms with Crippen molar-refractivity contribution < 1.29 is 32.2 Å². The van der Waals surface area contributed by atoms with Gasteiger partial charge in [0.2, 0.25) is 0 Å². The maximum absolute atomic E-state index is 13.0. The average Bonchev–Trinajstić information content (AvgIpc) is 2.84. The third-order valence-corrected chi connectivity index (χ3v) is 5.51. The van der Waals surface area contributed by atoms with Crippen LogP contribution in [0.1, 0.15) is 29.7 Å². The summed E-state index contributed by atoms with van der Waals surface area (Å²) in [6, 6.07) is 10.2. The molecule has 34 heavy (non-hydrogen) atoms. The van der Waals surface area contributed by atoms with Gasteiger partial charge in [0, 0.05) is 19.6 Å². The summed E-state index contributed by atoms with van der Waals surface area (Å²) in [4.78, 5) is 14.6. The van der Waals surface area contributed by atoms with E-state index in [0.29, 0.717) is 43.4 Å². The van der Waals surface area contributed by atoms with Gasteiger partial charge in [0.15, 0.2) is 18.1 Å². The zero-order valence-corrected chi connectivity index (χ0v) is 19.2. The zero-order chi connectivity index (χ0) is 24.6. The SMILES string of the molecule is C/C=C/c1ccc(OCC(=O)NCC(c2ccc(C(F)(F)F)cc2)N2CCOCC2)c(OC)c1. The predicted octanol–water partition coefficient (Wildman–Crippen LogP) is 4.32. The Morgan fingerprint density at radius 2 is 1.85 bits per heavy atom. The Hall–Kier alpha value is -3.04. The molecule has 0 aliphatic carbocycles. The van der Waals surface area contributed by atoms with Gasteiger partial charge in [-0.1, -0.05) is 30.4 Å². The minimum absolute atomic E-state index is 0.220. The number of nitrogens with zero attached hydrogens (tertiary/aromatic N) is 1. The van der Waals surface area contributed by atoms with Gasteiger partial charge >= 0.3 is 6.18 Å². The summed E-state index contributed by atoms with van der Waals surface area (Å²) < 4.78 is 55.3. The van der Waals surface area contributed by atoms with E-state index in [-0.39, 0.29) is 25.1 Å². The molecule has 9 heteroatoms. The molecule has 0 spiro atoms. The van der Waals surface area contributed by atoms with Crippen LogP contribution in [0.15, 0.2) is 48.5 Å². The highest BCUT2D eigenvalue weighted by Gasteiger charge is 2.31. The fourth-order valence-corrected chi connectivity index (χ4v) is 3.75. The van der Waals surface area contributed by atoms with Crippen molar-refractivity contribution in [2.45, 2.75) is 19.1 Å². The first-order chi connectivity index (χ1) is 16.3. The van der Waals surface area contributed by atoms with Crippen LogP contribution >= 0.6 is 0 Å². The largest absolute Gasteiger partial charge is 0.493 e. The Morgan fingerprint density at radius 1 is 1.15 bits per heavy atom. The summed E-state index contributed by atoms with van der Waals surface area (Å²) in [7, 11) is 1.53. The number of benzene rings is 2. The first-order valence-electron chi connectivity index (χ1n) is 11.0. The number of halogens is 3. The molecule has 1 heterocycles. The molecule has 0 saturated carbocycles. The molecule has 6 nitrogen and oxygen atoms in total. The number of carbonyl (C=O) groups is 1. The number of morpholine rings is 1. The van der Waals surface area contributed by atoms with Gasteiger partial charge in [-0.05, 0) is 42.3 Å². The second kappa shape index (κ2) is 11.9. The van der Waals surface area contributed by atoms with Crippen LogP contribution in [-0.4, -0.2) is 57.4 Å². The minimum atomic E-state index is -4.40. The van der Waals surface area contributed by atoms with Crippen molar-refractivity contribution in [1.82, 2.24) is 10.2 Å². The number of amides is 1. The van der Waals surface area contributed by atoms with Gasteiger partial charge in [-0.2, -0.15) is 13.2 Å². The lowest BCUT2D eigenvalue weighted by Crippen LogP contribution is -2.44. The number of nitrogens with one attached hydrogen (secondary N) is 1. The van der Waals surface area contributed by atoms with Crippen molar-refractivity contribution in [2.24, 2.45) is 0 Å². The number of carbonyl (C=O) groups excluding carboxylic acids is 1. The van der Waals surface area contributed by atoms with Gasteiger partial charge in [0.1, 0.15) is 0 Å². The Balaban J connectivity index is 1.64. The molecular formula is C25H29F3N2O4. The van der Waals surface area contributed by atoms with Crippen LogP contribution in [0.4, 0.5) is 13.2 Å². The van der Waals surface area contributed by atoms with Gasteiger partial charge in [0.05, 0.1) is 31.9 Å². The van der Waals surface area contributed by atoms with E-state index in [1.54, 1.807) is 6.07 Å². The number of methoxy groups -OCH3 is 1. The molecule has 0 radical (unpaired) electrons. The zero-order valence-electron chi connectivity index (χ0n) is 19.2. The van der Waals surface area contributed by atoms with E-state index in [0.717, 1.165) is 17.7 Å². The predicted molar refractivity (Wildman–Crippen MR) is 123 cm³/mol. The molecule has 3 rings (SSSR count). The van der Waals surface area contributed by atoms with Crippen molar-refractivity contribution in [3.05, 3.63) is 65.2 Å². The molecule has 1 fully saturated rings. The molecule has 1 saturated heterocycles. The highest BCUT2D eigenvalue weighted by atomic mass is 19.4. The number of hydrogen-bond acceptors (Lipinski definition) is 5. The lowest BCUT2D eigenvalue weighted by atomic mass is 10.0. The second-order valence-electron chi connectivity index (χ2n) is 7.79. The number of rotatable bonds is 9. The Kier molecular flexibility index (Phi) is 8.95. The summed E-state index contributed by atoms with van der Waals surface area (Å²) in [5, 5.41) is 2.84. The van der Waals surface area contributed by atoms with Crippen LogP contribution in [-0.2, 0) is 15.7 Å². The molecule has 2 aromatic rings. The first-order valence-corrected chi connectivity index (χ1v) is 11.0. The molecular weight excluding hydrogens is 449 g/mol. The van der Waals surface area contributed by atoms with Gasteiger partial charge in [0.25, 0.3) is 5.91 Å². The summed E-state index contributed by atoms with van der Waals surface area (Å²) in [5.41, 5.74) is 0.933. The quantitative estimate of drug-likeness (QED) is 0.582. The third kappa shape index (κ3) is 6.98. The van der Waals surface area contributed by atoms with E-state index in [2.05, 4.69) is 10.2 Å². The number of alkyl halides is 3. The van der Waals surface area contributed by atoms with E-state index >= 15 is 0 Å². The van der Waals surface area contributed by atoms with Crippen molar-refractivity contribution in [1.29, 1.82) is 0 Å². The number of allylic oxidation sites excluding steroid dienone is 1. The Bertz CT molecular complexity index is 971. The maximum Gasteiger partial charge on any atom is 0.416 e. The fourth-order valence-electron chi connectivity index (χ4n) is 3.75. The molecule has 1 aliphatic rings. The summed E-state index contributed by atoms with van der Waals surface area (Å²) in [6.07, 6.45) is -0.568. The monoisotopic (exact) mass is 478 g/mol. The maximum atomic E-state index is 13.0. The van der Waals surface area contributed by atoms with Crippen molar-refractivity contribution in [3.8, 4) is 11.5 Å². The minimum Gasteiger partial charge on any atom is -0.493 e. The molecule has 0 aromatic heterocycles. The van der Waals surface area contributed by atoms with Crippen LogP contribution in [0.2, 0.25) is 0 Å². The van der Waals surface area contributed by atoms with E-state index in [9.17, 15) is 18.0 Å². The van der Waals surface area contributed by atoms with Crippen LogP contribution < -0.4 is 14.8 Å². The van der Waals surface area contributed by atoms with Crippen LogP contribution in [0.3, 0.4) is 0 Å². The number of ether oxygens (including phenoxy) is 3. The molecule has 1 N–H and O–H groups in total. The first kappa shape index (κ1) is 25.6. The van der Waals surface area contributed by atoms with E-state index in [4.69, 9.17) is 14.2 Å². The van der Waals surface area contributed by atoms with Gasteiger partial charge in [-0.25, -0.2) is 0 Å². The Labute approximate surface area is 197 Å². The summed E-state index contributed by atoms with van der Waals surface area (Å²) in [5.74, 6) is 0.613. The van der Waals surface area contributed by atoms with Crippen LogP contribution in [0.5, 0.6) is 11.5 Å². The Morgan fingerprint density at radius 3 is 2.47 bits per heavy atom. The van der Waals surface area contributed by atoms with Gasteiger partial charge < -0.3 is 19.5 Å². The van der Waals surface area contributed by atoms with Crippen molar-refractivity contribution in [2.75, 3.05) is 46.6 Å². The summed E-state index contributed by atoms with van der Waals surface area (Å²) in [6.45, 7) is 4.21. The topological polar surface area (TPSA) is 60.0 Å². The second-order valence-corrected chi connectivity index (χ2v) is 7.79. The summed E-state index contributed by atoms with van der Waals surface area (Å²) >= 11 is 0. The van der Waals surface area contributed by atoms with E-state index in [1.807, 2.05) is 31.2 Å². The molecule has 1 amide bonds. The molecule has 2 aromatic carbocycles. The highest BCUT2D eigenvalue weighted by molar-refractivity contribution is 5.77. The molecule has 1 aliphatic heterocycles. The van der Waals surface area contributed by atoms with Crippen molar-refractivity contribution in [3.63, 3.8) is 0 Å². The van der Waals surface area contributed by atoms with E-state index in [1.165, 1.54) is 19.2 Å². The molecule has 1 atom stereocenters. The normalized spacial score (nSPS) is 15.8. The van der Waals surface area contributed by atoms with E-state index < -0.39 is 11.7 Å². The number of hydrogen-bond donors (Lipinski definition) is 1. The standard InChI is InChI=1S/C25H29F3N2O4/c1-3-4-18-5-10-22(23(15-18)32-2)34-17-24(31)29-16-21(30-11-13-33-14-12-30)19-6-8-20(9-7-19)25(26,27)28/h3-10,15,21H,11-14,16-17H2,1-2H3,(H,29,31)/b4-3+.